The minimum atomic E-state index is -0.798. The Bertz CT molecular complexity index is 1090. The molecule has 8 nitrogen and oxygen atoms in total. The van der Waals surface area contributed by atoms with Gasteiger partial charge in [-0.05, 0) is 48.7 Å². The number of carbonyl (C=O) groups excluding carboxylic acids is 2. The van der Waals surface area contributed by atoms with Crippen molar-refractivity contribution in [3.05, 3.63) is 59.2 Å². The molecule has 1 amide bonds. The predicted molar refractivity (Wildman–Crippen MR) is 114 cm³/mol. The Morgan fingerprint density at radius 1 is 1.00 bits per heavy atom. The van der Waals surface area contributed by atoms with Crippen LogP contribution in [0, 0.1) is 0 Å². The van der Waals surface area contributed by atoms with Crippen LogP contribution in [0.3, 0.4) is 0 Å². The Morgan fingerprint density at radius 2 is 1.75 bits per heavy atom. The zero-order valence-corrected chi connectivity index (χ0v) is 17.3. The fourth-order valence-corrected chi connectivity index (χ4v) is 4.43. The number of aliphatic hydroxyl groups is 1. The number of fused-ring (bicyclic) bond motifs is 1. The van der Waals surface area contributed by atoms with E-state index >= 15 is 0 Å². The van der Waals surface area contributed by atoms with E-state index in [9.17, 15) is 19.8 Å². The van der Waals surface area contributed by atoms with Crippen molar-refractivity contribution in [1.29, 1.82) is 0 Å². The number of phenols is 1. The summed E-state index contributed by atoms with van der Waals surface area (Å²) in [5.41, 5.74) is 0.961. The molecule has 2 aromatic rings. The second-order valence-corrected chi connectivity index (χ2v) is 8.04. The lowest BCUT2D eigenvalue weighted by atomic mass is 9.95. The van der Waals surface area contributed by atoms with Gasteiger partial charge in [-0.25, -0.2) is 0 Å². The molecule has 0 aromatic heterocycles. The molecule has 166 valence electrons. The summed E-state index contributed by atoms with van der Waals surface area (Å²) >= 11 is 0. The Balaban J connectivity index is 1.60. The normalized spacial score (nSPS) is 24.2. The Hall–Kier alpha value is -3.52. The average Bonchev–Trinajstić information content (AvgIpc) is 3.41. The molecule has 2 N–H and O–H groups in total. The van der Waals surface area contributed by atoms with Crippen molar-refractivity contribution >= 4 is 17.4 Å². The first kappa shape index (κ1) is 20.4. The van der Waals surface area contributed by atoms with Gasteiger partial charge in [0, 0.05) is 18.7 Å². The van der Waals surface area contributed by atoms with Gasteiger partial charge in [-0.3, -0.25) is 9.59 Å². The quantitative estimate of drug-likeness (QED) is 0.430. The second-order valence-electron chi connectivity index (χ2n) is 8.04. The van der Waals surface area contributed by atoms with Gasteiger partial charge < -0.3 is 29.3 Å². The minimum Gasteiger partial charge on any atom is -0.508 e. The van der Waals surface area contributed by atoms with E-state index in [1.54, 1.807) is 30.3 Å². The van der Waals surface area contributed by atoms with E-state index < -0.39 is 17.7 Å². The molecule has 8 heteroatoms. The Labute approximate surface area is 184 Å². The van der Waals surface area contributed by atoms with Crippen molar-refractivity contribution in [2.24, 2.45) is 0 Å². The van der Waals surface area contributed by atoms with Gasteiger partial charge in [-0.15, -0.1) is 0 Å². The van der Waals surface area contributed by atoms with E-state index in [1.807, 2.05) is 0 Å². The van der Waals surface area contributed by atoms with Crippen LogP contribution in [0.2, 0.25) is 0 Å². The van der Waals surface area contributed by atoms with E-state index in [0.29, 0.717) is 42.4 Å². The third-order valence-electron chi connectivity index (χ3n) is 5.99. The van der Waals surface area contributed by atoms with Gasteiger partial charge in [-0.2, -0.15) is 0 Å². The lowest BCUT2D eigenvalue weighted by molar-refractivity contribution is -0.140. The number of benzene rings is 2. The number of rotatable bonds is 4. The van der Waals surface area contributed by atoms with Crippen LogP contribution in [-0.2, 0) is 14.3 Å². The van der Waals surface area contributed by atoms with Crippen LogP contribution < -0.4 is 9.47 Å². The van der Waals surface area contributed by atoms with Crippen LogP contribution in [0.25, 0.3) is 5.76 Å². The Kier molecular flexibility index (Phi) is 5.22. The minimum absolute atomic E-state index is 0.00429. The summed E-state index contributed by atoms with van der Waals surface area (Å²) in [4.78, 5) is 27.5. The molecule has 0 bridgehead atoms. The SMILES string of the molecule is O=C1C(=O)N(CC2CCCO2)C(c2ccc(O)cc2)/C1=C(/O)c1ccc2c(c1)OCCO2. The number of hydrogen-bond donors (Lipinski definition) is 2. The van der Waals surface area contributed by atoms with E-state index in [4.69, 9.17) is 14.2 Å². The zero-order valence-electron chi connectivity index (χ0n) is 17.3. The molecular weight excluding hydrogens is 414 g/mol. The van der Waals surface area contributed by atoms with Gasteiger partial charge in [0.1, 0.15) is 24.7 Å². The summed E-state index contributed by atoms with van der Waals surface area (Å²) in [5.74, 6) is -0.632. The predicted octanol–water partition coefficient (Wildman–Crippen LogP) is 2.76. The summed E-state index contributed by atoms with van der Waals surface area (Å²) in [6, 6.07) is 10.4. The third kappa shape index (κ3) is 3.56. The number of amides is 1. The first-order valence-electron chi connectivity index (χ1n) is 10.6. The number of aliphatic hydroxyl groups excluding tert-OH is 1. The van der Waals surface area contributed by atoms with Crippen LogP contribution in [0.4, 0.5) is 0 Å². The smallest absolute Gasteiger partial charge is 0.295 e. The standard InChI is InChI=1S/C24H23NO7/c26-16-6-3-14(4-7-16)21-20(23(28)24(29)25(21)13-17-2-1-9-30-17)22(27)15-5-8-18-19(12-15)32-11-10-31-18/h3-8,12,17,21,26-27H,1-2,9-11,13H2/b22-20-. The van der Waals surface area contributed by atoms with Crippen molar-refractivity contribution in [3.63, 3.8) is 0 Å². The number of hydrogen-bond acceptors (Lipinski definition) is 7. The van der Waals surface area contributed by atoms with Crippen LogP contribution in [-0.4, -0.2) is 59.3 Å². The van der Waals surface area contributed by atoms with Crippen molar-refractivity contribution in [2.75, 3.05) is 26.4 Å². The molecule has 0 spiro atoms. The number of likely N-dealkylation sites (tertiary alicyclic amines) is 1. The highest BCUT2D eigenvalue weighted by Gasteiger charge is 2.47. The fourth-order valence-electron chi connectivity index (χ4n) is 4.43. The number of nitrogens with zero attached hydrogens (tertiary/aromatic N) is 1. The molecule has 2 atom stereocenters. The number of Topliss-reactive ketones (excluding diaryl/α,β-unsaturated/α-hetero) is 1. The third-order valence-corrected chi connectivity index (χ3v) is 5.99. The van der Waals surface area contributed by atoms with E-state index in [0.717, 1.165) is 12.8 Å². The maximum atomic E-state index is 13.1. The first-order valence-corrected chi connectivity index (χ1v) is 10.6. The molecule has 3 heterocycles. The molecule has 2 unspecified atom stereocenters. The van der Waals surface area contributed by atoms with Gasteiger partial charge in [0.15, 0.2) is 11.5 Å². The zero-order chi connectivity index (χ0) is 22.2. The summed E-state index contributed by atoms with van der Waals surface area (Å²) in [6.07, 6.45) is 1.53. The monoisotopic (exact) mass is 437 g/mol. The largest absolute Gasteiger partial charge is 0.508 e. The molecule has 3 aliphatic heterocycles. The number of ketones is 1. The Morgan fingerprint density at radius 3 is 2.47 bits per heavy atom. The van der Waals surface area contributed by atoms with E-state index in [-0.39, 0.29) is 29.7 Å². The van der Waals surface area contributed by atoms with Gasteiger partial charge in [-0.1, -0.05) is 12.1 Å². The number of phenolic OH excluding ortho intramolecular Hbond substituents is 1. The maximum Gasteiger partial charge on any atom is 0.295 e. The molecule has 32 heavy (non-hydrogen) atoms. The summed E-state index contributed by atoms with van der Waals surface area (Å²) in [6.45, 7) is 1.69. The van der Waals surface area contributed by atoms with E-state index in [1.165, 1.54) is 17.0 Å². The van der Waals surface area contributed by atoms with Crippen LogP contribution in [0.1, 0.15) is 30.0 Å². The fraction of sp³-hybridized carbons (Fsp3) is 0.333. The summed E-state index contributed by atoms with van der Waals surface area (Å²) in [5, 5.41) is 20.9. The van der Waals surface area contributed by atoms with Crippen molar-refractivity contribution in [3.8, 4) is 17.2 Å². The topological polar surface area (TPSA) is 106 Å². The highest BCUT2D eigenvalue weighted by Crippen LogP contribution is 2.41. The number of ether oxygens (including phenoxy) is 3. The van der Waals surface area contributed by atoms with Crippen LogP contribution in [0.15, 0.2) is 48.0 Å². The molecular formula is C24H23NO7. The van der Waals surface area contributed by atoms with E-state index in [2.05, 4.69) is 0 Å². The van der Waals surface area contributed by atoms with Gasteiger partial charge in [0.25, 0.3) is 11.7 Å². The molecule has 0 aliphatic carbocycles. The van der Waals surface area contributed by atoms with Crippen molar-refractivity contribution in [2.45, 2.75) is 25.0 Å². The summed E-state index contributed by atoms with van der Waals surface area (Å²) < 4.78 is 16.8. The summed E-state index contributed by atoms with van der Waals surface area (Å²) in [7, 11) is 0. The average molecular weight is 437 g/mol. The number of carbonyl (C=O) groups is 2. The molecule has 2 aromatic carbocycles. The van der Waals surface area contributed by atoms with Crippen LogP contribution in [0.5, 0.6) is 17.2 Å². The molecule has 0 saturated carbocycles. The lowest BCUT2D eigenvalue weighted by Crippen LogP contribution is -2.36. The first-order chi connectivity index (χ1) is 15.5. The second kappa shape index (κ2) is 8.20. The maximum absolute atomic E-state index is 13.1. The highest BCUT2D eigenvalue weighted by atomic mass is 16.6. The molecule has 2 fully saturated rings. The van der Waals surface area contributed by atoms with Crippen LogP contribution >= 0.6 is 0 Å². The lowest BCUT2D eigenvalue weighted by Gasteiger charge is -2.27. The molecule has 2 saturated heterocycles. The number of aromatic hydroxyl groups is 1. The van der Waals surface area contributed by atoms with Crippen molar-refractivity contribution in [1.82, 2.24) is 4.90 Å². The van der Waals surface area contributed by atoms with Gasteiger partial charge >= 0.3 is 0 Å². The highest BCUT2D eigenvalue weighted by molar-refractivity contribution is 6.46. The van der Waals surface area contributed by atoms with Gasteiger partial charge in [0.05, 0.1) is 17.7 Å². The van der Waals surface area contributed by atoms with Crippen molar-refractivity contribution < 1.29 is 34.0 Å². The van der Waals surface area contributed by atoms with Gasteiger partial charge in [0.2, 0.25) is 0 Å². The molecule has 5 rings (SSSR count). The molecule has 0 radical (unpaired) electrons. The molecule has 3 aliphatic rings.